The summed E-state index contributed by atoms with van der Waals surface area (Å²) in [7, 11) is 0. The van der Waals surface area contributed by atoms with Gasteiger partial charge in [-0.1, -0.05) is 12.1 Å². The lowest BCUT2D eigenvalue weighted by atomic mass is 10.1. The summed E-state index contributed by atoms with van der Waals surface area (Å²) in [6.07, 6.45) is -2.73. The van der Waals surface area contributed by atoms with E-state index in [9.17, 15) is 31.9 Å². The van der Waals surface area contributed by atoms with Crippen LogP contribution in [0.3, 0.4) is 0 Å². The molecule has 1 aliphatic rings. The topological polar surface area (TPSA) is 91.7 Å². The first-order chi connectivity index (χ1) is 16.1. The van der Waals surface area contributed by atoms with E-state index in [1.807, 2.05) is 0 Å². The van der Waals surface area contributed by atoms with E-state index in [1.54, 1.807) is 0 Å². The highest BCUT2D eigenvalue weighted by Gasteiger charge is 2.38. The number of amides is 3. The Morgan fingerprint density at radius 3 is 2.50 bits per heavy atom. The quantitative estimate of drug-likeness (QED) is 0.525. The standard InChI is InChI=1S/C23H17F4N3O4/c24-17-3-1-2-4-19(17)30-11-14(9-20(30)31)22(33)29-18-6-5-15(10-16(18)23(25,26)27)28-21(32)13-7-8-34-12-13/h1-8,10,12,14H,9,11H2,(H,28,32)(H,29,33). The van der Waals surface area contributed by atoms with Gasteiger partial charge in [0.1, 0.15) is 12.1 Å². The molecule has 3 amide bonds. The van der Waals surface area contributed by atoms with Gasteiger partial charge in [0.15, 0.2) is 0 Å². The van der Waals surface area contributed by atoms with E-state index in [0.29, 0.717) is 6.07 Å². The zero-order valence-corrected chi connectivity index (χ0v) is 17.4. The van der Waals surface area contributed by atoms with Crippen LogP contribution in [-0.2, 0) is 15.8 Å². The molecule has 2 aromatic carbocycles. The third-order valence-electron chi connectivity index (χ3n) is 5.26. The average molecular weight is 475 g/mol. The van der Waals surface area contributed by atoms with Crippen LogP contribution >= 0.6 is 0 Å². The SMILES string of the molecule is O=C(Nc1ccc(NC(=O)C2CC(=O)N(c3ccccc3F)C2)c(C(F)(F)F)c1)c1ccoc1. The number of benzene rings is 2. The van der Waals surface area contributed by atoms with E-state index < -0.39 is 46.9 Å². The molecule has 2 heterocycles. The first-order valence-electron chi connectivity index (χ1n) is 10.0. The van der Waals surface area contributed by atoms with Gasteiger partial charge in [0.2, 0.25) is 11.8 Å². The van der Waals surface area contributed by atoms with Gasteiger partial charge in [-0.15, -0.1) is 0 Å². The molecule has 4 rings (SSSR count). The van der Waals surface area contributed by atoms with Gasteiger partial charge in [0.05, 0.1) is 34.7 Å². The molecule has 1 aliphatic heterocycles. The Morgan fingerprint density at radius 1 is 1.06 bits per heavy atom. The summed E-state index contributed by atoms with van der Waals surface area (Å²) in [5.41, 5.74) is -1.73. The van der Waals surface area contributed by atoms with E-state index >= 15 is 0 Å². The number of para-hydroxylation sites is 1. The molecule has 1 aromatic heterocycles. The molecule has 176 valence electrons. The summed E-state index contributed by atoms with van der Waals surface area (Å²) in [6.45, 7) is -0.175. The fourth-order valence-corrected chi connectivity index (χ4v) is 3.58. The second kappa shape index (κ2) is 9.00. The molecule has 7 nitrogen and oxygen atoms in total. The van der Waals surface area contributed by atoms with E-state index in [1.165, 1.54) is 42.7 Å². The molecule has 0 saturated carbocycles. The largest absolute Gasteiger partial charge is 0.472 e. The third kappa shape index (κ3) is 4.77. The van der Waals surface area contributed by atoms with Gasteiger partial charge >= 0.3 is 6.18 Å². The normalized spacial score (nSPS) is 15.9. The molecule has 1 unspecified atom stereocenters. The number of furan rings is 1. The van der Waals surface area contributed by atoms with Crippen LogP contribution in [0.5, 0.6) is 0 Å². The van der Waals surface area contributed by atoms with Crippen LogP contribution in [0.25, 0.3) is 0 Å². The second-order valence-electron chi connectivity index (χ2n) is 7.57. The number of nitrogens with one attached hydrogen (secondary N) is 2. The van der Waals surface area contributed by atoms with E-state index in [-0.39, 0.29) is 29.9 Å². The fraction of sp³-hybridized carbons (Fsp3) is 0.174. The molecule has 3 aromatic rings. The van der Waals surface area contributed by atoms with Crippen molar-refractivity contribution in [3.8, 4) is 0 Å². The zero-order chi connectivity index (χ0) is 24.5. The minimum Gasteiger partial charge on any atom is -0.472 e. The highest BCUT2D eigenvalue weighted by Crippen LogP contribution is 2.37. The van der Waals surface area contributed by atoms with Crippen LogP contribution in [-0.4, -0.2) is 24.3 Å². The van der Waals surface area contributed by atoms with E-state index in [4.69, 9.17) is 4.42 Å². The van der Waals surface area contributed by atoms with Crippen molar-refractivity contribution in [2.75, 3.05) is 22.1 Å². The van der Waals surface area contributed by atoms with Crippen molar-refractivity contribution >= 4 is 34.8 Å². The van der Waals surface area contributed by atoms with Crippen LogP contribution in [0, 0.1) is 11.7 Å². The molecule has 0 radical (unpaired) electrons. The van der Waals surface area contributed by atoms with Crippen LogP contribution in [0.4, 0.5) is 34.6 Å². The van der Waals surface area contributed by atoms with Gasteiger partial charge in [-0.05, 0) is 36.4 Å². The lowest BCUT2D eigenvalue weighted by Crippen LogP contribution is -2.29. The lowest BCUT2D eigenvalue weighted by molar-refractivity contribution is -0.137. The van der Waals surface area contributed by atoms with Crippen molar-refractivity contribution < 1.29 is 36.4 Å². The fourth-order valence-electron chi connectivity index (χ4n) is 3.58. The number of anilines is 3. The maximum Gasteiger partial charge on any atom is 0.418 e. The first kappa shape index (κ1) is 23.0. The Hall–Kier alpha value is -4.15. The number of rotatable bonds is 5. The number of alkyl halides is 3. The number of carbonyl (C=O) groups is 3. The lowest BCUT2D eigenvalue weighted by Gasteiger charge is -2.19. The predicted octanol–water partition coefficient (Wildman–Crippen LogP) is 4.68. The molecule has 0 bridgehead atoms. The summed E-state index contributed by atoms with van der Waals surface area (Å²) >= 11 is 0. The summed E-state index contributed by atoms with van der Waals surface area (Å²) < 4.78 is 59.8. The van der Waals surface area contributed by atoms with Crippen molar-refractivity contribution in [1.29, 1.82) is 0 Å². The first-order valence-corrected chi connectivity index (χ1v) is 10.0. The van der Waals surface area contributed by atoms with Crippen molar-refractivity contribution in [1.82, 2.24) is 0 Å². The number of hydrogen-bond acceptors (Lipinski definition) is 4. The molecule has 11 heteroatoms. The molecule has 0 aliphatic carbocycles. The maximum absolute atomic E-state index is 14.0. The highest BCUT2D eigenvalue weighted by atomic mass is 19.4. The third-order valence-corrected chi connectivity index (χ3v) is 5.26. The number of halogens is 4. The Balaban J connectivity index is 1.51. The highest BCUT2D eigenvalue weighted by molar-refractivity contribution is 6.05. The van der Waals surface area contributed by atoms with Gasteiger partial charge in [-0.25, -0.2) is 4.39 Å². The Bertz CT molecular complexity index is 1240. The number of nitrogens with zero attached hydrogens (tertiary/aromatic N) is 1. The molecule has 1 saturated heterocycles. The molecule has 1 fully saturated rings. The van der Waals surface area contributed by atoms with Crippen LogP contribution in [0.2, 0.25) is 0 Å². The summed E-state index contributed by atoms with van der Waals surface area (Å²) in [6, 6.07) is 9.78. The van der Waals surface area contributed by atoms with E-state index in [0.717, 1.165) is 17.2 Å². The summed E-state index contributed by atoms with van der Waals surface area (Å²) in [4.78, 5) is 38.2. The van der Waals surface area contributed by atoms with Gasteiger partial charge < -0.3 is 20.0 Å². The molecule has 1 atom stereocenters. The average Bonchev–Trinajstić information content (AvgIpc) is 3.45. The van der Waals surface area contributed by atoms with Gasteiger partial charge in [-0.3, -0.25) is 14.4 Å². The maximum atomic E-state index is 14.0. The van der Waals surface area contributed by atoms with Gasteiger partial charge in [0.25, 0.3) is 5.91 Å². The molecule has 2 N–H and O–H groups in total. The minimum absolute atomic E-state index is 0.00324. The van der Waals surface area contributed by atoms with Crippen LogP contribution < -0.4 is 15.5 Å². The Kier molecular flexibility index (Phi) is 6.10. The minimum atomic E-state index is -4.84. The molecule has 0 spiro atoms. The van der Waals surface area contributed by atoms with Crippen LogP contribution in [0.1, 0.15) is 22.3 Å². The monoisotopic (exact) mass is 475 g/mol. The second-order valence-corrected chi connectivity index (χ2v) is 7.57. The van der Waals surface area contributed by atoms with Gasteiger partial charge in [-0.2, -0.15) is 13.2 Å². The van der Waals surface area contributed by atoms with E-state index in [2.05, 4.69) is 10.6 Å². The van der Waals surface area contributed by atoms with Crippen molar-refractivity contribution in [3.05, 3.63) is 78.0 Å². The molecular weight excluding hydrogens is 458 g/mol. The zero-order valence-electron chi connectivity index (χ0n) is 17.4. The Labute approximate surface area is 190 Å². The molecule has 34 heavy (non-hydrogen) atoms. The summed E-state index contributed by atoms with van der Waals surface area (Å²) in [5.74, 6) is -3.62. The predicted molar refractivity (Wildman–Crippen MR) is 114 cm³/mol. The number of hydrogen-bond donors (Lipinski definition) is 2. The Morgan fingerprint density at radius 2 is 1.82 bits per heavy atom. The van der Waals surface area contributed by atoms with Crippen molar-refractivity contribution in [3.63, 3.8) is 0 Å². The van der Waals surface area contributed by atoms with Crippen molar-refractivity contribution in [2.24, 2.45) is 5.92 Å². The smallest absolute Gasteiger partial charge is 0.418 e. The molecular formula is C23H17F4N3O4. The van der Waals surface area contributed by atoms with Crippen LogP contribution in [0.15, 0.2) is 65.5 Å². The van der Waals surface area contributed by atoms with Gasteiger partial charge in [0, 0.05) is 18.7 Å². The number of carbonyl (C=O) groups excluding carboxylic acids is 3. The van der Waals surface area contributed by atoms with Crippen molar-refractivity contribution in [2.45, 2.75) is 12.6 Å². The summed E-state index contributed by atoms with van der Waals surface area (Å²) in [5, 5.41) is 4.54.